The van der Waals surface area contributed by atoms with Crippen LogP contribution in [0.1, 0.15) is 32.1 Å². The highest BCUT2D eigenvalue weighted by molar-refractivity contribution is 5.93. The van der Waals surface area contributed by atoms with Crippen LogP contribution < -0.4 is 15.0 Å². The first-order valence-corrected chi connectivity index (χ1v) is 11.3. The summed E-state index contributed by atoms with van der Waals surface area (Å²) < 4.78 is 5.56. The van der Waals surface area contributed by atoms with E-state index < -0.39 is 0 Å². The summed E-state index contributed by atoms with van der Waals surface area (Å²) in [7, 11) is 0. The van der Waals surface area contributed by atoms with Crippen LogP contribution in [0.25, 0.3) is 0 Å². The summed E-state index contributed by atoms with van der Waals surface area (Å²) in [6.45, 7) is 3.37. The van der Waals surface area contributed by atoms with E-state index in [1.165, 1.54) is 24.9 Å². The zero-order valence-corrected chi connectivity index (χ0v) is 18.0. The van der Waals surface area contributed by atoms with Crippen LogP contribution in [0.3, 0.4) is 0 Å². The van der Waals surface area contributed by atoms with Crippen LogP contribution in [0.15, 0.2) is 54.6 Å². The highest BCUT2D eigenvalue weighted by atomic mass is 16.5. The predicted octanol–water partition coefficient (Wildman–Crippen LogP) is 3.93. The number of para-hydroxylation sites is 1. The minimum atomic E-state index is -0.0715. The van der Waals surface area contributed by atoms with E-state index in [2.05, 4.69) is 22.3 Å². The van der Waals surface area contributed by atoms with Crippen molar-refractivity contribution in [3.05, 3.63) is 54.6 Å². The van der Waals surface area contributed by atoms with Gasteiger partial charge in [0.05, 0.1) is 0 Å². The van der Waals surface area contributed by atoms with Crippen molar-refractivity contribution in [3.8, 4) is 5.75 Å². The van der Waals surface area contributed by atoms with Gasteiger partial charge in [-0.1, -0.05) is 24.3 Å². The molecule has 2 fully saturated rings. The number of hydrogen-bond donors (Lipinski definition) is 1. The Labute approximate surface area is 184 Å². The van der Waals surface area contributed by atoms with Crippen molar-refractivity contribution < 1.29 is 14.3 Å². The van der Waals surface area contributed by atoms with Crippen LogP contribution in [-0.2, 0) is 9.59 Å². The molecule has 6 nitrogen and oxygen atoms in total. The van der Waals surface area contributed by atoms with Gasteiger partial charge in [0, 0.05) is 43.5 Å². The number of carbonyl (C=O) groups excluding carboxylic acids is 2. The third-order valence-electron chi connectivity index (χ3n) is 6.16. The molecule has 0 radical (unpaired) electrons. The van der Waals surface area contributed by atoms with Gasteiger partial charge in [-0.2, -0.15) is 0 Å². The first kappa shape index (κ1) is 21.2. The lowest BCUT2D eigenvalue weighted by Gasteiger charge is -2.31. The highest BCUT2D eigenvalue weighted by Gasteiger charge is 2.27. The molecule has 1 N–H and O–H groups in total. The second-order valence-electron chi connectivity index (χ2n) is 8.34. The average molecular weight is 422 g/mol. The maximum Gasteiger partial charge on any atom is 0.260 e. The molecule has 2 amide bonds. The van der Waals surface area contributed by atoms with Gasteiger partial charge in [-0.3, -0.25) is 9.59 Å². The van der Waals surface area contributed by atoms with Gasteiger partial charge < -0.3 is 19.9 Å². The Kier molecular flexibility index (Phi) is 7.07. The Hall–Kier alpha value is -3.02. The highest BCUT2D eigenvalue weighted by Crippen LogP contribution is 2.25. The van der Waals surface area contributed by atoms with Gasteiger partial charge in [0.2, 0.25) is 5.91 Å². The predicted molar refractivity (Wildman–Crippen MR) is 122 cm³/mol. The molecular weight excluding hydrogens is 390 g/mol. The smallest absolute Gasteiger partial charge is 0.260 e. The van der Waals surface area contributed by atoms with E-state index in [9.17, 15) is 9.59 Å². The first-order valence-electron chi connectivity index (χ1n) is 11.3. The van der Waals surface area contributed by atoms with E-state index in [0.717, 1.165) is 18.8 Å². The van der Waals surface area contributed by atoms with E-state index in [1.54, 1.807) is 4.90 Å². The van der Waals surface area contributed by atoms with Crippen molar-refractivity contribution in [2.75, 3.05) is 43.0 Å². The van der Waals surface area contributed by atoms with Gasteiger partial charge in [-0.15, -0.1) is 0 Å². The van der Waals surface area contributed by atoms with Crippen LogP contribution in [0, 0.1) is 5.92 Å². The minimum Gasteiger partial charge on any atom is -0.484 e. The van der Waals surface area contributed by atoms with Crippen LogP contribution in [-0.4, -0.2) is 49.5 Å². The molecule has 4 rings (SSSR count). The molecule has 0 unspecified atom stereocenters. The van der Waals surface area contributed by atoms with E-state index in [1.807, 2.05) is 42.5 Å². The second kappa shape index (κ2) is 10.3. The Morgan fingerprint density at radius 2 is 1.65 bits per heavy atom. The van der Waals surface area contributed by atoms with E-state index in [4.69, 9.17) is 4.74 Å². The fraction of sp³-hybridized carbons (Fsp3) is 0.440. The molecule has 2 aromatic carbocycles. The molecule has 0 aromatic heterocycles. The summed E-state index contributed by atoms with van der Waals surface area (Å²) in [4.78, 5) is 29.4. The molecule has 6 heteroatoms. The van der Waals surface area contributed by atoms with Crippen LogP contribution >= 0.6 is 0 Å². The number of likely N-dealkylation sites (tertiary alicyclic amines) is 1. The number of anilines is 2. The zero-order valence-electron chi connectivity index (χ0n) is 18.0. The molecule has 164 valence electrons. The number of nitrogens with one attached hydrogen (secondary N) is 1. The number of nitrogens with zero attached hydrogens (tertiary/aromatic N) is 2. The van der Waals surface area contributed by atoms with Crippen molar-refractivity contribution in [1.29, 1.82) is 0 Å². The second-order valence-corrected chi connectivity index (χ2v) is 8.34. The molecule has 0 saturated carbocycles. The van der Waals surface area contributed by atoms with E-state index in [0.29, 0.717) is 31.7 Å². The van der Waals surface area contributed by atoms with Crippen LogP contribution in [0.2, 0.25) is 0 Å². The lowest BCUT2D eigenvalue weighted by atomic mass is 9.95. The molecule has 0 spiro atoms. The van der Waals surface area contributed by atoms with Crippen molar-refractivity contribution in [1.82, 2.24) is 4.90 Å². The number of carbonyl (C=O) groups is 2. The van der Waals surface area contributed by atoms with Crippen molar-refractivity contribution in [2.45, 2.75) is 32.1 Å². The largest absolute Gasteiger partial charge is 0.484 e. The number of ether oxygens (including phenoxy) is 1. The fourth-order valence-corrected chi connectivity index (χ4v) is 4.32. The van der Waals surface area contributed by atoms with Gasteiger partial charge in [0.15, 0.2) is 6.61 Å². The SMILES string of the molecule is O=C(Nc1cccc(N2CCCCC2)c1)C1CCN(C(=O)COc2ccccc2)CC1. The maximum absolute atomic E-state index is 12.8. The van der Waals surface area contributed by atoms with Gasteiger partial charge in [-0.25, -0.2) is 0 Å². The first-order chi connectivity index (χ1) is 15.2. The number of rotatable bonds is 6. The average Bonchev–Trinajstić information content (AvgIpc) is 2.84. The molecule has 2 saturated heterocycles. The molecule has 31 heavy (non-hydrogen) atoms. The molecule has 2 aliphatic rings. The molecular formula is C25H31N3O3. The summed E-state index contributed by atoms with van der Waals surface area (Å²) in [5.41, 5.74) is 2.03. The fourth-order valence-electron chi connectivity index (χ4n) is 4.32. The Morgan fingerprint density at radius 3 is 2.39 bits per heavy atom. The number of amides is 2. The van der Waals surface area contributed by atoms with Crippen molar-refractivity contribution >= 4 is 23.2 Å². The molecule has 2 aromatic rings. The standard InChI is InChI=1S/C25H31N3O3/c29-24(19-31-23-10-3-1-4-11-23)28-16-12-20(13-17-28)25(30)26-21-8-7-9-22(18-21)27-14-5-2-6-15-27/h1,3-4,7-11,18,20H,2,5-6,12-17,19H2,(H,26,30). The molecule has 2 aliphatic heterocycles. The third-order valence-corrected chi connectivity index (χ3v) is 6.16. The van der Waals surface area contributed by atoms with Crippen molar-refractivity contribution in [2.24, 2.45) is 5.92 Å². The quantitative estimate of drug-likeness (QED) is 0.768. The van der Waals surface area contributed by atoms with Gasteiger partial charge >= 0.3 is 0 Å². The normalized spacial score (nSPS) is 17.3. The molecule has 0 aliphatic carbocycles. The minimum absolute atomic E-state index is 0.0306. The Morgan fingerprint density at radius 1 is 0.903 bits per heavy atom. The molecule has 0 bridgehead atoms. The van der Waals surface area contributed by atoms with Crippen LogP contribution in [0.5, 0.6) is 5.75 Å². The molecule has 2 heterocycles. The van der Waals surface area contributed by atoms with E-state index in [-0.39, 0.29) is 24.3 Å². The number of piperidine rings is 2. The Balaban J connectivity index is 1.24. The van der Waals surface area contributed by atoms with Gasteiger partial charge in [-0.05, 0) is 62.4 Å². The lowest BCUT2D eigenvalue weighted by Crippen LogP contribution is -2.43. The summed E-state index contributed by atoms with van der Waals surface area (Å²) in [5.74, 6) is 0.634. The molecule has 0 atom stereocenters. The summed E-state index contributed by atoms with van der Waals surface area (Å²) in [6, 6.07) is 17.5. The summed E-state index contributed by atoms with van der Waals surface area (Å²) >= 11 is 0. The third kappa shape index (κ3) is 5.78. The maximum atomic E-state index is 12.8. The van der Waals surface area contributed by atoms with Gasteiger partial charge in [0.1, 0.15) is 5.75 Å². The zero-order chi connectivity index (χ0) is 21.5. The summed E-state index contributed by atoms with van der Waals surface area (Å²) in [5, 5.41) is 3.09. The van der Waals surface area contributed by atoms with E-state index >= 15 is 0 Å². The Bertz CT molecular complexity index is 873. The number of benzene rings is 2. The lowest BCUT2D eigenvalue weighted by molar-refractivity contribution is -0.136. The van der Waals surface area contributed by atoms with Crippen LogP contribution in [0.4, 0.5) is 11.4 Å². The van der Waals surface area contributed by atoms with Crippen molar-refractivity contribution in [3.63, 3.8) is 0 Å². The summed E-state index contributed by atoms with van der Waals surface area (Å²) in [6.07, 6.45) is 5.10. The van der Waals surface area contributed by atoms with Gasteiger partial charge in [0.25, 0.3) is 5.91 Å². The topological polar surface area (TPSA) is 61.9 Å². The number of hydrogen-bond acceptors (Lipinski definition) is 4. The monoisotopic (exact) mass is 421 g/mol.